The first-order chi connectivity index (χ1) is 15.5. The topological polar surface area (TPSA) is 52.7 Å². The maximum Gasteiger partial charge on any atom is 0.171 e. The number of benzene rings is 1. The van der Waals surface area contributed by atoms with E-state index in [1.807, 2.05) is 12.1 Å². The Morgan fingerprint density at radius 3 is 2.00 bits per heavy atom. The van der Waals surface area contributed by atoms with Crippen LogP contribution in [0.15, 0.2) is 24.3 Å². The fourth-order valence-electron chi connectivity index (χ4n) is 5.55. The van der Waals surface area contributed by atoms with Gasteiger partial charge in [-0.2, -0.15) is 5.06 Å². The van der Waals surface area contributed by atoms with Crippen molar-refractivity contribution in [3.05, 3.63) is 29.8 Å². The summed E-state index contributed by atoms with van der Waals surface area (Å²) in [5.74, 6) is 0.317. The molecule has 33 heavy (non-hydrogen) atoms. The molecule has 4 rings (SSSR count). The molecule has 186 valence electrons. The molecule has 1 aromatic rings. The molecule has 0 amide bonds. The molecule has 0 N–H and O–H groups in total. The van der Waals surface area contributed by atoms with Crippen LogP contribution >= 0.6 is 0 Å². The van der Waals surface area contributed by atoms with Gasteiger partial charge in [-0.05, 0) is 65.2 Å². The average molecular weight is 462 g/mol. The fraction of sp³-hybridized carbons (Fsp3) is 0.778. The SMILES string of the molecule is CCC1(CC)COC2(CC(C)(C)N(OC(C)c3ccc(OCC4CO4)cc3)C(C)(C)C2)OC1. The Balaban J connectivity index is 1.42. The Bertz CT molecular complexity index is 767. The van der Waals surface area contributed by atoms with Gasteiger partial charge in [0.1, 0.15) is 24.6 Å². The Labute approximate surface area is 199 Å². The molecule has 1 aromatic carbocycles. The number of rotatable bonds is 8. The van der Waals surface area contributed by atoms with Gasteiger partial charge in [0.2, 0.25) is 0 Å². The van der Waals surface area contributed by atoms with E-state index >= 15 is 0 Å². The van der Waals surface area contributed by atoms with Crippen LogP contribution in [0.25, 0.3) is 0 Å². The number of ether oxygens (including phenoxy) is 4. The van der Waals surface area contributed by atoms with Gasteiger partial charge in [-0.1, -0.05) is 26.0 Å². The molecule has 0 saturated carbocycles. The summed E-state index contributed by atoms with van der Waals surface area (Å²) in [5, 5.41) is 2.18. The van der Waals surface area contributed by atoms with Crippen LogP contribution in [-0.2, 0) is 19.0 Å². The zero-order valence-electron chi connectivity index (χ0n) is 21.6. The van der Waals surface area contributed by atoms with Crippen molar-refractivity contribution in [2.75, 3.05) is 26.4 Å². The Hall–Kier alpha value is -1.18. The minimum Gasteiger partial charge on any atom is -0.491 e. The predicted octanol–water partition coefficient (Wildman–Crippen LogP) is 5.66. The van der Waals surface area contributed by atoms with E-state index in [0.29, 0.717) is 6.61 Å². The van der Waals surface area contributed by atoms with Crippen molar-refractivity contribution in [2.24, 2.45) is 5.41 Å². The van der Waals surface area contributed by atoms with Gasteiger partial charge in [0.05, 0.1) is 19.8 Å². The van der Waals surface area contributed by atoms with Crippen LogP contribution in [0, 0.1) is 5.41 Å². The molecule has 0 bridgehead atoms. The van der Waals surface area contributed by atoms with Crippen LogP contribution in [0.4, 0.5) is 0 Å². The summed E-state index contributed by atoms with van der Waals surface area (Å²) in [4.78, 5) is 6.63. The number of epoxide rings is 1. The first-order valence-electron chi connectivity index (χ1n) is 12.6. The summed E-state index contributed by atoms with van der Waals surface area (Å²) < 4.78 is 24.1. The summed E-state index contributed by atoms with van der Waals surface area (Å²) in [5.41, 5.74) is 0.769. The molecule has 3 aliphatic heterocycles. The van der Waals surface area contributed by atoms with Crippen LogP contribution < -0.4 is 4.74 Å². The number of hydrogen-bond donors (Lipinski definition) is 0. The maximum absolute atomic E-state index is 6.63. The van der Waals surface area contributed by atoms with Crippen molar-refractivity contribution in [3.63, 3.8) is 0 Å². The smallest absolute Gasteiger partial charge is 0.171 e. The van der Waals surface area contributed by atoms with Crippen molar-refractivity contribution in [1.82, 2.24) is 5.06 Å². The molecule has 6 nitrogen and oxygen atoms in total. The molecule has 3 aliphatic rings. The van der Waals surface area contributed by atoms with Gasteiger partial charge < -0.3 is 18.9 Å². The Morgan fingerprint density at radius 1 is 0.970 bits per heavy atom. The van der Waals surface area contributed by atoms with E-state index in [0.717, 1.165) is 56.8 Å². The van der Waals surface area contributed by atoms with Gasteiger partial charge in [0.15, 0.2) is 5.79 Å². The lowest BCUT2D eigenvalue weighted by molar-refractivity contribution is -0.390. The molecule has 3 heterocycles. The average Bonchev–Trinajstić information content (AvgIpc) is 3.60. The van der Waals surface area contributed by atoms with Crippen molar-refractivity contribution < 1.29 is 23.8 Å². The quantitative estimate of drug-likeness (QED) is 0.466. The summed E-state index contributed by atoms with van der Waals surface area (Å²) in [6.45, 7) is 18.5. The van der Waals surface area contributed by atoms with Gasteiger partial charge >= 0.3 is 0 Å². The highest BCUT2D eigenvalue weighted by atomic mass is 16.7. The highest BCUT2D eigenvalue weighted by Gasteiger charge is 2.57. The van der Waals surface area contributed by atoms with Gasteiger partial charge in [-0.3, -0.25) is 4.84 Å². The molecule has 0 radical (unpaired) electrons. The molecular weight excluding hydrogens is 418 g/mol. The Kier molecular flexibility index (Phi) is 6.89. The lowest BCUT2D eigenvalue weighted by Gasteiger charge is -2.60. The van der Waals surface area contributed by atoms with E-state index in [9.17, 15) is 0 Å². The highest BCUT2D eigenvalue weighted by molar-refractivity contribution is 5.28. The lowest BCUT2D eigenvalue weighted by atomic mass is 9.76. The molecule has 2 unspecified atom stereocenters. The van der Waals surface area contributed by atoms with Gasteiger partial charge in [0.25, 0.3) is 0 Å². The summed E-state index contributed by atoms with van der Waals surface area (Å²) >= 11 is 0. The second kappa shape index (κ2) is 9.12. The van der Waals surface area contributed by atoms with E-state index in [-0.39, 0.29) is 28.7 Å². The minimum absolute atomic E-state index is 0.0839. The summed E-state index contributed by atoms with van der Waals surface area (Å²) in [6.07, 6.45) is 3.88. The third-order valence-corrected chi connectivity index (χ3v) is 7.74. The maximum atomic E-state index is 6.63. The zero-order chi connectivity index (χ0) is 23.9. The van der Waals surface area contributed by atoms with Crippen LogP contribution in [0.3, 0.4) is 0 Å². The summed E-state index contributed by atoms with van der Waals surface area (Å²) in [6, 6.07) is 8.19. The number of piperidine rings is 1. The monoisotopic (exact) mass is 461 g/mol. The van der Waals surface area contributed by atoms with Gasteiger partial charge in [-0.25, -0.2) is 0 Å². The third-order valence-electron chi connectivity index (χ3n) is 7.74. The standard InChI is InChI=1S/C27H43NO5/c1-8-26(9-2)18-31-27(32-19-26)16-24(4,5)28(25(6,7)17-27)33-20(3)21-10-12-22(13-11-21)29-14-23-15-30-23/h10-13,20,23H,8-9,14-19H2,1-7H3. The molecule has 0 aromatic heterocycles. The largest absolute Gasteiger partial charge is 0.491 e. The lowest BCUT2D eigenvalue weighted by Crippen LogP contribution is -2.68. The van der Waals surface area contributed by atoms with E-state index in [1.54, 1.807) is 0 Å². The zero-order valence-corrected chi connectivity index (χ0v) is 21.6. The van der Waals surface area contributed by atoms with Crippen molar-refractivity contribution in [2.45, 2.75) is 103 Å². The summed E-state index contributed by atoms with van der Waals surface area (Å²) in [7, 11) is 0. The normalized spacial score (nSPS) is 28.4. The molecule has 2 atom stereocenters. The number of hydrogen-bond acceptors (Lipinski definition) is 6. The highest BCUT2D eigenvalue weighted by Crippen LogP contribution is 2.50. The molecular formula is C27H43NO5. The van der Waals surface area contributed by atoms with Crippen molar-refractivity contribution in [1.29, 1.82) is 0 Å². The van der Waals surface area contributed by atoms with Crippen molar-refractivity contribution >= 4 is 0 Å². The molecule has 6 heteroatoms. The number of nitrogens with zero attached hydrogens (tertiary/aromatic N) is 1. The molecule has 3 saturated heterocycles. The molecule has 1 spiro atoms. The second-order valence-corrected chi connectivity index (χ2v) is 11.6. The van der Waals surface area contributed by atoms with Crippen LogP contribution in [0.2, 0.25) is 0 Å². The molecule has 3 fully saturated rings. The van der Waals surface area contributed by atoms with E-state index in [4.69, 9.17) is 23.8 Å². The van der Waals surface area contributed by atoms with Gasteiger partial charge in [-0.15, -0.1) is 0 Å². The first-order valence-corrected chi connectivity index (χ1v) is 12.6. The third kappa shape index (κ3) is 5.40. The van der Waals surface area contributed by atoms with Gasteiger partial charge in [0, 0.05) is 29.3 Å². The van der Waals surface area contributed by atoms with E-state index in [1.165, 1.54) is 0 Å². The van der Waals surface area contributed by atoms with E-state index in [2.05, 4.69) is 65.7 Å². The number of hydroxylamine groups is 2. The van der Waals surface area contributed by atoms with Crippen LogP contribution in [0.5, 0.6) is 5.75 Å². The fourth-order valence-corrected chi connectivity index (χ4v) is 5.55. The van der Waals surface area contributed by atoms with Crippen LogP contribution in [0.1, 0.15) is 85.8 Å². The molecule has 0 aliphatic carbocycles. The predicted molar refractivity (Wildman–Crippen MR) is 128 cm³/mol. The minimum atomic E-state index is -0.547. The second-order valence-electron chi connectivity index (χ2n) is 11.6. The first kappa shape index (κ1) is 24.9. The van der Waals surface area contributed by atoms with Crippen molar-refractivity contribution in [3.8, 4) is 5.75 Å². The van der Waals surface area contributed by atoms with Crippen LogP contribution in [-0.4, -0.2) is 54.5 Å². The Morgan fingerprint density at radius 2 is 1.52 bits per heavy atom. The van der Waals surface area contributed by atoms with E-state index < -0.39 is 5.79 Å².